The van der Waals surface area contributed by atoms with Gasteiger partial charge in [-0.3, -0.25) is 14.9 Å². The summed E-state index contributed by atoms with van der Waals surface area (Å²) in [4.78, 5) is 22.4. The number of nitrogens with zero attached hydrogens (tertiary/aromatic N) is 3. The number of rotatable bonds is 4. The summed E-state index contributed by atoms with van der Waals surface area (Å²) < 4.78 is 1.32. The van der Waals surface area contributed by atoms with Gasteiger partial charge in [0.2, 0.25) is 0 Å². The second-order valence-corrected chi connectivity index (χ2v) is 5.58. The Balaban J connectivity index is 1.97. The highest BCUT2D eigenvalue weighted by atomic mass is 35.5. The van der Waals surface area contributed by atoms with Crippen molar-refractivity contribution < 1.29 is 4.92 Å². The largest absolute Gasteiger partial charge is 0.270 e. The smallest absolute Gasteiger partial charge is 0.268 e. The van der Waals surface area contributed by atoms with Crippen molar-refractivity contribution in [2.24, 2.45) is 0 Å². The highest BCUT2D eigenvalue weighted by Gasteiger charge is 2.09. The fourth-order valence-electron chi connectivity index (χ4n) is 2.26. The van der Waals surface area contributed by atoms with E-state index in [2.05, 4.69) is 5.10 Å². The SMILES string of the molecule is O=c1ccc(-c2cccc([N+](=O)[O-])c2)nn1Cc1ccc(Cl)cc1. The van der Waals surface area contributed by atoms with Gasteiger partial charge >= 0.3 is 0 Å². The molecule has 0 aliphatic carbocycles. The van der Waals surface area contributed by atoms with Gasteiger partial charge in [0.05, 0.1) is 17.2 Å². The molecule has 3 aromatic rings. The molecule has 0 atom stereocenters. The van der Waals surface area contributed by atoms with E-state index in [-0.39, 0.29) is 11.2 Å². The van der Waals surface area contributed by atoms with Gasteiger partial charge in [-0.15, -0.1) is 0 Å². The third-order valence-corrected chi connectivity index (χ3v) is 3.72. The molecule has 0 saturated carbocycles. The van der Waals surface area contributed by atoms with Gasteiger partial charge in [0, 0.05) is 28.8 Å². The topological polar surface area (TPSA) is 78.0 Å². The lowest BCUT2D eigenvalue weighted by Crippen LogP contribution is -2.22. The van der Waals surface area contributed by atoms with Crippen molar-refractivity contribution in [2.75, 3.05) is 0 Å². The molecule has 6 nitrogen and oxygen atoms in total. The lowest BCUT2D eigenvalue weighted by Gasteiger charge is -2.07. The molecule has 0 aliphatic heterocycles. The van der Waals surface area contributed by atoms with Gasteiger partial charge in [-0.1, -0.05) is 35.9 Å². The zero-order chi connectivity index (χ0) is 17.1. The van der Waals surface area contributed by atoms with E-state index in [9.17, 15) is 14.9 Å². The van der Waals surface area contributed by atoms with Gasteiger partial charge in [0.25, 0.3) is 11.2 Å². The third kappa shape index (κ3) is 3.49. The van der Waals surface area contributed by atoms with Crippen LogP contribution in [-0.4, -0.2) is 14.7 Å². The van der Waals surface area contributed by atoms with E-state index in [1.54, 1.807) is 30.3 Å². The molecule has 0 fully saturated rings. The molecule has 0 aliphatic rings. The van der Waals surface area contributed by atoms with Gasteiger partial charge in [-0.2, -0.15) is 5.10 Å². The van der Waals surface area contributed by atoms with Crippen LogP contribution in [0.1, 0.15) is 5.56 Å². The molecule has 3 rings (SSSR count). The van der Waals surface area contributed by atoms with Crippen LogP contribution in [0.4, 0.5) is 5.69 Å². The molecule has 1 aromatic heterocycles. The molecule has 0 amide bonds. The Kier molecular flexibility index (Phi) is 4.39. The number of halogens is 1. The number of non-ortho nitro benzene ring substituents is 1. The first kappa shape index (κ1) is 15.9. The average molecular weight is 342 g/mol. The summed E-state index contributed by atoms with van der Waals surface area (Å²) in [5, 5.41) is 15.8. The number of hydrogen-bond donors (Lipinski definition) is 0. The lowest BCUT2D eigenvalue weighted by atomic mass is 10.1. The lowest BCUT2D eigenvalue weighted by molar-refractivity contribution is -0.384. The van der Waals surface area contributed by atoms with E-state index in [0.717, 1.165) is 5.56 Å². The van der Waals surface area contributed by atoms with Gasteiger partial charge in [0.1, 0.15) is 0 Å². The maximum Gasteiger partial charge on any atom is 0.270 e. The molecule has 24 heavy (non-hydrogen) atoms. The van der Waals surface area contributed by atoms with E-state index in [1.807, 2.05) is 12.1 Å². The quantitative estimate of drug-likeness (QED) is 0.537. The fraction of sp³-hybridized carbons (Fsp3) is 0.0588. The van der Waals surface area contributed by atoms with E-state index in [4.69, 9.17) is 11.6 Å². The summed E-state index contributed by atoms with van der Waals surface area (Å²) in [5.41, 5.74) is 1.68. The van der Waals surface area contributed by atoms with Crippen LogP contribution in [0.5, 0.6) is 0 Å². The van der Waals surface area contributed by atoms with Gasteiger partial charge < -0.3 is 0 Å². The Morgan fingerprint density at radius 3 is 2.54 bits per heavy atom. The minimum absolute atomic E-state index is 0.0234. The summed E-state index contributed by atoms with van der Waals surface area (Å²) in [7, 11) is 0. The van der Waals surface area contributed by atoms with Crippen molar-refractivity contribution in [1.29, 1.82) is 0 Å². The first-order chi connectivity index (χ1) is 11.5. The van der Waals surface area contributed by atoms with Crippen LogP contribution in [0, 0.1) is 10.1 Å². The standard InChI is InChI=1S/C17H12ClN3O3/c18-14-6-4-12(5-7-14)11-20-17(22)9-8-16(19-20)13-2-1-3-15(10-13)21(23)24/h1-10H,11H2. The summed E-state index contributed by atoms with van der Waals surface area (Å²) in [6.45, 7) is 0.290. The van der Waals surface area contributed by atoms with Crippen LogP contribution in [0.15, 0.2) is 65.5 Å². The second kappa shape index (κ2) is 6.64. The number of benzene rings is 2. The Hall–Kier alpha value is -2.99. The van der Waals surface area contributed by atoms with Crippen LogP contribution >= 0.6 is 11.6 Å². The maximum absolute atomic E-state index is 12.0. The van der Waals surface area contributed by atoms with E-state index < -0.39 is 4.92 Å². The normalized spacial score (nSPS) is 10.5. The predicted octanol–water partition coefficient (Wildman–Crippen LogP) is 3.52. The number of hydrogen-bond acceptors (Lipinski definition) is 4. The molecule has 0 spiro atoms. The summed E-state index contributed by atoms with van der Waals surface area (Å²) in [6.07, 6.45) is 0. The molecule has 1 heterocycles. The van der Waals surface area contributed by atoms with Crippen molar-refractivity contribution >= 4 is 17.3 Å². The summed E-state index contributed by atoms with van der Waals surface area (Å²) in [5.74, 6) is 0. The monoisotopic (exact) mass is 341 g/mol. The Bertz CT molecular complexity index is 952. The first-order valence-electron chi connectivity index (χ1n) is 7.10. The number of aromatic nitrogens is 2. The first-order valence-corrected chi connectivity index (χ1v) is 7.48. The van der Waals surface area contributed by atoms with Gasteiger partial charge in [-0.05, 0) is 23.8 Å². The number of nitro benzene ring substituents is 1. The van der Waals surface area contributed by atoms with Crippen molar-refractivity contribution in [3.63, 3.8) is 0 Å². The van der Waals surface area contributed by atoms with Crippen LogP contribution < -0.4 is 5.56 Å². The molecule has 2 aromatic carbocycles. The van der Waals surface area contributed by atoms with Crippen LogP contribution in [0.25, 0.3) is 11.3 Å². The highest BCUT2D eigenvalue weighted by molar-refractivity contribution is 6.30. The fourth-order valence-corrected chi connectivity index (χ4v) is 2.38. The van der Waals surface area contributed by atoms with Gasteiger partial charge in [0.15, 0.2) is 0 Å². The minimum atomic E-state index is -0.465. The molecule has 0 N–H and O–H groups in total. The Labute approximate surface area is 142 Å². The molecule has 0 saturated heterocycles. The minimum Gasteiger partial charge on any atom is -0.268 e. The van der Waals surface area contributed by atoms with Crippen molar-refractivity contribution in [3.8, 4) is 11.3 Å². The Morgan fingerprint density at radius 1 is 1.08 bits per heavy atom. The summed E-state index contributed by atoms with van der Waals surface area (Å²) >= 11 is 5.85. The van der Waals surface area contributed by atoms with E-state index in [0.29, 0.717) is 22.8 Å². The molecule has 0 bridgehead atoms. The van der Waals surface area contributed by atoms with Crippen LogP contribution in [0.2, 0.25) is 5.02 Å². The van der Waals surface area contributed by atoms with Crippen LogP contribution in [0.3, 0.4) is 0 Å². The summed E-state index contributed by atoms with van der Waals surface area (Å²) in [6, 6.07) is 16.2. The molecule has 7 heteroatoms. The average Bonchev–Trinajstić information content (AvgIpc) is 2.59. The van der Waals surface area contributed by atoms with Gasteiger partial charge in [-0.25, -0.2) is 4.68 Å². The zero-order valence-corrected chi connectivity index (χ0v) is 13.2. The highest BCUT2D eigenvalue weighted by Crippen LogP contribution is 2.21. The predicted molar refractivity (Wildman–Crippen MR) is 91.1 cm³/mol. The van der Waals surface area contributed by atoms with Crippen molar-refractivity contribution in [2.45, 2.75) is 6.54 Å². The van der Waals surface area contributed by atoms with E-state index in [1.165, 1.54) is 22.9 Å². The molecular weight excluding hydrogens is 330 g/mol. The van der Waals surface area contributed by atoms with E-state index >= 15 is 0 Å². The molecule has 0 unspecified atom stereocenters. The second-order valence-electron chi connectivity index (χ2n) is 5.15. The zero-order valence-electron chi connectivity index (χ0n) is 12.4. The number of nitro groups is 1. The molecular formula is C17H12ClN3O3. The maximum atomic E-state index is 12.0. The Morgan fingerprint density at radius 2 is 1.83 bits per heavy atom. The van der Waals surface area contributed by atoms with Crippen LogP contribution in [-0.2, 0) is 6.54 Å². The van der Waals surface area contributed by atoms with Crippen molar-refractivity contribution in [3.05, 3.63) is 91.7 Å². The third-order valence-electron chi connectivity index (χ3n) is 3.46. The van der Waals surface area contributed by atoms with Crippen molar-refractivity contribution in [1.82, 2.24) is 9.78 Å². The molecule has 120 valence electrons. The molecule has 0 radical (unpaired) electrons.